The predicted octanol–water partition coefficient (Wildman–Crippen LogP) is 3.48. The van der Waals surface area contributed by atoms with Gasteiger partial charge in [0, 0.05) is 6.07 Å². The molecular formula is C15H13N5O3S2. The first-order valence-electron chi connectivity index (χ1n) is 7.17. The van der Waals surface area contributed by atoms with Crippen LogP contribution in [-0.2, 0) is 4.79 Å². The normalized spacial score (nSPS) is 10.6. The van der Waals surface area contributed by atoms with Crippen molar-refractivity contribution in [1.82, 2.24) is 15.2 Å². The highest BCUT2D eigenvalue weighted by atomic mass is 32.2. The van der Waals surface area contributed by atoms with Crippen LogP contribution in [0.2, 0.25) is 0 Å². The first-order valence-corrected chi connectivity index (χ1v) is 9.04. The summed E-state index contributed by atoms with van der Waals surface area (Å²) in [6.45, 7) is 1.71. The molecule has 3 rings (SSSR count). The molecule has 0 radical (unpaired) electrons. The zero-order valence-electron chi connectivity index (χ0n) is 13.1. The molecule has 2 heterocycles. The summed E-state index contributed by atoms with van der Waals surface area (Å²) in [5.41, 5.74) is 0.717. The number of thiophene rings is 1. The van der Waals surface area contributed by atoms with Gasteiger partial charge in [0.1, 0.15) is 5.69 Å². The molecule has 1 amide bonds. The Bertz CT molecular complexity index is 908. The van der Waals surface area contributed by atoms with E-state index >= 15 is 0 Å². The number of nitrogens with zero attached hydrogens (tertiary/aromatic N) is 3. The maximum atomic E-state index is 12.1. The van der Waals surface area contributed by atoms with Crippen molar-refractivity contribution in [2.45, 2.75) is 12.1 Å². The largest absolute Gasteiger partial charge is 0.319 e. The molecule has 128 valence electrons. The molecule has 0 aliphatic rings. The standard InChI is InChI=1S/C15H13N5O3S2/c1-9-4-2-5-10(20(22)23)13(9)16-12(21)8-25-15-17-14(18-19-15)11-6-3-7-24-11/h2-7H,8H2,1H3,(H,16,21)(H,17,18,19). The van der Waals surface area contributed by atoms with Gasteiger partial charge in [-0.3, -0.25) is 20.0 Å². The summed E-state index contributed by atoms with van der Waals surface area (Å²) in [6, 6.07) is 8.48. The van der Waals surface area contributed by atoms with E-state index in [2.05, 4.69) is 20.5 Å². The molecular weight excluding hydrogens is 362 g/mol. The summed E-state index contributed by atoms with van der Waals surface area (Å²) in [4.78, 5) is 28.0. The minimum Gasteiger partial charge on any atom is -0.319 e. The Morgan fingerprint density at radius 3 is 2.96 bits per heavy atom. The van der Waals surface area contributed by atoms with Crippen LogP contribution in [0.5, 0.6) is 0 Å². The number of aromatic amines is 1. The summed E-state index contributed by atoms with van der Waals surface area (Å²) in [6.07, 6.45) is 0. The number of hydrogen-bond donors (Lipinski definition) is 2. The predicted molar refractivity (Wildman–Crippen MR) is 96.9 cm³/mol. The van der Waals surface area contributed by atoms with Gasteiger partial charge in [0.2, 0.25) is 11.1 Å². The molecule has 0 saturated heterocycles. The maximum Gasteiger partial charge on any atom is 0.293 e. The molecule has 0 aliphatic heterocycles. The molecule has 8 nitrogen and oxygen atoms in total. The number of H-pyrrole nitrogens is 1. The second-order valence-corrected chi connectivity index (χ2v) is 6.90. The number of thioether (sulfide) groups is 1. The van der Waals surface area contributed by atoms with Gasteiger partial charge in [-0.2, -0.15) is 0 Å². The monoisotopic (exact) mass is 375 g/mol. The van der Waals surface area contributed by atoms with Crippen molar-refractivity contribution < 1.29 is 9.72 Å². The third-order valence-electron chi connectivity index (χ3n) is 3.26. The maximum absolute atomic E-state index is 12.1. The van der Waals surface area contributed by atoms with E-state index in [0.29, 0.717) is 16.5 Å². The van der Waals surface area contributed by atoms with Crippen LogP contribution in [-0.4, -0.2) is 31.8 Å². The lowest BCUT2D eigenvalue weighted by Gasteiger charge is -2.08. The molecule has 2 aromatic heterocycles. The van der Waals surface area contributed by atoms with E-state index in [1.807, 2.05) is 17.5 Å². The van der Waals surface area contributed by atoms with Gasteiger partial charge in [-0.25, -0.2) is 4.98 Å². The van der Waals surface area contributed by atoms with E-state index in [1.54, 1.807) is 19.1 Å². The van der Waals surface area contributed by atoms with Crippen LogP contribution in [0.15, 0.2) is 40.9 Å². The molecule has 2 N–H and O–H groups in total. The Hall–Kier alpha value is -2.72. The number of nitrogens with one attached hydrogen (secondary N) is 2. The Balaban J connectivity index is 1.63. The topological polar surface area (TPSA) is 114 Å². The second-order valence-electron chi connectivity index (χ2n) is 5.01. The van der Waals surface area contributed by atoms with Crippen molar-refractivity contribution in [2.75, 3.05) is 11.1 Å². The lowest BCUT2D eigenvalue weighted by Crippen LogP contribution is -2.16. The Morgan fingerprint density at radius 1 is 1.40 bits per heavy atom. The molecule has 10 heteroatoms. The van der Waals surface area contributed by atoms with E-state index in [9.17, 15) is 14.9 Å². The van der Waals surface area contributed by atoms with Crippen molar-refractivity contribution >= 4 is 40.4 Å². The number of para-hydroxylation sites is 1. The lowest BCUT2D eigenvalue weighted by atomic mass is 10.1. The highest BCUT2D eigenvalue weighted by Crippen LogP contribution is 2.28. The summed E-state index contributed by atoms with van der Waals surface area (Å²) >= 11 is 2.69. The number of carbonyl (C=O) groups is 1. The first-order chi connectivity index (χ1) is 12.0. The van der Waals surface area contributed by atoms with Gasteiger partial charge in [0.25, 0.3) is 5.69 Å². The highest BCUT2D eigenvalue weighted by Gasteiger charge is 2.18. The van der Waals surface area contributed by atoms with E-state index in [4.69, 9.17) is 0 Å². The van der Waals surface area contributed by atoms with Crippen molar-refractivity contribution in [3.63, 3.8) is 0 Å². The summed E-state index contributed by atoms with van der Waals surface area (Å²) in [5.74, 6) is 0.338. The number of nitro groups is 1. The van der Waals surface area contributed by atoms with Gasteiger partial charge in [0.15, 0.2) is 5.82 Å². The van der Waals surface area contributed by atoms with Crippen molar-refractivity contribution in [2.24, 2.45) is 0 Å². The molecule has 0 atom stereocenters. The fourth-order valence-electron chi connectivity index (χ4n) is 2.11. The summed E-state index contributed by atoms with van der Waals surface area (Å²) in [5, 5.41) is 22.9. The number of amides is 1. The number of nitro benzene ring substituents is 1. The van der Waals surface area contributed by atoms with Gasteiger partial charge in [-0.1, -0.05) is 30.0 Å². The molecule has 0 unspecified atom stereocenters. The second kappa shape index (κ2) is 7.45. The zero-order valence-corrected chi connectivity index (χ0v) is 14.7. The molecule has 0 saturated carbocycles. The smallest absolute Gasteiger partial charge is 0.293 e. The van der Waals surface area contributed by atoms with E-state index < -0.39 is 4.92 Å². The van der Waals surface area contributed by atoms with E-state index in [1.165, 1.54) is 17.4 Å². The Morgan fingerprint density at radius 2 is 2.24 bits per heavy atom. The van der Waals surface area contributed by atoms with Gasteiger partial charge < -0.3 is 5.32 Å². The lowest BCUT2D eigenvalue weighted by molar-refractivity contribution is -0.384. The van der Waals surface area contributed by atoms with E-state index in [0.717, 1.165) is 16.6 Å². The minimum atomic E-state index is -0.516. The zero-order chi connectivity index (χ0) is 17.8. The van der Waals surface area contributed by atoms with Crippen molar-refractivity contribution in [3.05, 3.63) is 51.4 Å². The van der Waals surface area contributed by atoms with Gasteiger partial charge in [-0.05, 0) is 23.9 Å². The quantitative estimate of drug-likeness (QED) is 0.387. The highest BCUT2D eigenvalue weighted by molar-refractivity contribution is 7.99. The number of anilines is 1. The van der Waals surface area contributed by atoms with Gasteiger partial charge in [-0.15, -0.1) is 16.4 Å². The van der Waals surface area contributed by atoms with Crippen molar-refractivity contribution in [3.8, 4) is 10.7 Å². The third kappa shape index (κ3) is 4.03. The van der Waals surface area contributed by atoms with Crippen LogP contribution in [0, 0.1) is 17.0 Å². The van der Waals surface area contributed by atoms with E-state index in [-0.39, 0.29) is 23.0 Å². The minimum absolute atomic E-state index is 0.0488. The molecule has 0 fully saturated rings. The number of aryl methyl sites for hydroxylation is 1. The number of rotatable bonds is 6. The molecule has 25 heavy (non-hydrogen) atoms. The van der Waals surface area contributed by atoms with Gasteiger partial charge in [0.05, 0.1) is 15.6 Å². The first kappa shape index (κ1) is 17.1. The van der Waals surface area contributed by atoms with Crippen molar-refractivity contribution in [1.29, 1.82) is 0 Å². The molecule has 0 aliphatic carbocycles. The van der Waals surface area contributed by atoms with Crippen LogP contribution >= 0.6 is 23.1 Å². The molecule has 0 spiro atoms. The van der Waals surface area contributed by atoms with Crippen LogP contribution in [0.25, 0.3) is 10.7 Å². The third-order valence-corrected chi connectivity index (χ3v) is 4.99. The average Bonchev–Trinajstić information content (AvgIpc) is 3.25. The van der Waals surface area contributed by atoms with Crippen LogP contribution in [0.1, 0.15) is 5.56 Å². The number of benzene rings is 1. The summed E-state index contributed by atoms with van der Waals surface area (Å²) in [7, 11) is 0. The van der Waals surface area contributed by atoms with Crippen LogP contribution in [0.3, 0.4) is 0 Å². The fourth-order valence-corrected chi connectivity index (χ4v) is 3.37. The van der Waals surface area contributed by atoms with Crippen LogP contribution < -0.4 is 5.32 Å². The fraction of sp³-hybridized carbons (Fsp3) is 0.133. The SMILES string of the molecule is Cc1cccc([N+](=O)[O-])c1NC(=O)CSc1n[nH]c(-c2cccs2)n1. The molecule has 0 bridgehead atoms. The molecule has 1 aromatic carbocycles. The number of hydrogen-bond acceptors (Lipinski definition) is 7. The number of aromatic nitrogens is 3. The van der Waals surface area contributed by atoms with Gasteiger partial charge >= 0.3 is 0 Å². The Kier molecular flexibility index (Phi) is 5.10. The summed E-state index contributed by atoms with van der Waals surface area (Å²) < 4.78 is 0. The number of carbonyl (C=O) groups excluding carboxylic acids is 1. The molecule has 3 aromatic rings. The van der Waals surface area contributed by atoms with Crippen LogP contribution in [0.4, 0.5) is 11.4 Å². The average molecular weight is 375 g/mol. The Labute approximate surface area is 150 Å².